The molecule has 126 valence electrons. The lowest BCUT2D eigenvalue weighted by Gasteiger charge is -2.19. The summed E-state index contributed by atoms with van der Waals surface area (Å²) in [7, 11) is 0. The van der Waals surface area contributed by atoms with Crippen molar-refractivity contribution in [2.75, 3.05) is 18.8 Å². The number of nitrogens with zero attached hydrogens (tertiary/aromatic N) is 3. The number of carbonyl (C=O) groups is 2. The van der Waals surface area contributed by atoms with Gasteiger partial charge in [-0.3, -0.25) is 9.59 Å². The van der Waals surface area contributed by atoms with Crippen molar-refractivity contribution in [3.63, 3.8) is 0 Å². The zero-order valence-electron chi connectivity index (χ0n) is 14.0. The van der Waals surface area contributed by atoms with Gasteiger partial charge in [-0.2, -0.15) is 0 Å². The molecule has 2 rings (SSSR count). The van der Waals surface area contributed by atoms with Crippen molar-refractivity contribution in [2.45, 2.75) is 34.1 Å². The summed E-state index contributed by atoms with van der Waals surface area (Å²) in [5.74, 6) is -1.01. The highest BCUT2D eigenvalue weighted by molar-refractivity contribution is 5.81. The van der Waals surface area contributed by atoms with Crippen LogP contribution in [0.1, 0.15) is 30.8 Å². The number of carboxylic acid groups (broad SMARTS) is 1. The summed E-state index contributed by atoms with van der Waals surface area (Å²) in [6.45, 7) is 8.35. The van der Waals surface area contributed by atoms with Crippen LogP contribution in [0.5, 0.6) is 0 Å². The number of hydrogen-bond acceptors (Lipinski definition) is 5. The molecule has 7 nitrogen and oxygen atoms in total. The lowest BCUT2D eigenvalue weighted by molar-refractivity contribution is -0.143. The molecule has 1 amide bonds. The van der Waals surface area contributed by atoms with Gasteiger partial charge in [0.2, 0.25) is 11.9 Å². The molecule has 0 radical (unpaired) electrons. The Morgan fingerprint density at radius 3 is 2.26 bits per heavy atom. The van der Waals surface area contributed by atoms with Gasteiger partial charge < -0.3 is 15.7 Å². The first kappa shape index (κ1) is 17.2. The van der Waals surface area contributed by atoms with E-state index in [1.807, 2.05) is 13.8 Å². The van der Waals surface area contributed by atoms with Crippen LogP contribution in [-0.2, 0) is 16.0 Å². The predicted octanol–water partition coefficient (Wildman–Crippen LogP) is 1.03. The van der Waals surface area contributed by atoms with Crippen LogP contribution in [0.25, 0.3) is 0 Å². The summed E-state index contributed by atoms with van der Waals surface area (Å²) in [6.07, 6.45) is 0.176. The van der Waals surface area contributed by atoms with E-state index in [-0.39, 0.29) is 36.7 Å². The van der Waals surface area contributed by atoms with E-state index in [4.69, 9.17) is 5.73 Å². The number of aliphatic carboxylic acids is 1. The summed E-state index contributed by atoms with van der Waals surface area (Å²) >= 11 is 0. The van der Waals surface area contributed by atoms with E-state index in [0.29, 0.717) is 17.9 Å². The highest BCUT2D eigenvalue weighted by Gasteiger charge is 2.40. The van der Waals surface area contributed by atoms with Crippen molar-refractivity contribution in [3.8, 4) is 0 Å². The van der Waals surface area contributed by atoms with Gasteiger partial charge in [0.05, 0.1) is 12.3 Å². The molecular formula is C16H24N4O3. The lowest BCUT2D eigenvalue weighted by atomic mass is 9.86. The van der Waals surface area contributed by atoms with Gasteiger partial charge in [0.25, 0.3) is 0 Å². The Hall–Kier alpha value is -2.18. The van der Waals surface area contributed by atoms with Crippen molar-refractivity contribution in [1.29, 1.82) is 0 Å². The first-order chi connectivity index (χ1) is 10.7. The van der Waals surface area contributed by atoms with Gasteiger partial charge in [-0.05, 0) is 25.7 Å². The molecule has 7 heteroatoms. The summed E-state index contributed by atoms with van der Waals surface area (Å²) in [5, 5.41) is 9.37. The van der Waals surface area contributed by atoms with Gasteiger partial charge in [-0.15, -0.1) is 0 Å². The highest BCUT2D eigenvalue weighted by atomic mass is 16.4. The fraction of sp³-hybridized carbons (Fsp3) is 0.625. The molecule has 0 aliphatic carbocycles. The molecule has 0 bridgehead atoms. The van der Waals surface area contributed by atoms with Crippen molar-refractivity contribution in [3.05, 3.63) is 17.0 Å². The molecule has 2 heterocycles. The molecule has 1 aliphatic rings. The quantitative estimate of drug-likeness (QED) is 0.857. The molecule has 3 N–H and O–H groups in total. The molecule has 0 saturated carbocycles. The maximum atomic E-state index is 12.6. The number of amides is 1. The van der Waals surface area contributed by atoms with E-state index in [9.17, 15) is 14.7 Å². The Morgan fingerprint density at radius 1 is 1.26 bits per heavy atom. The third-order valence-corrected chi connectivity index (χ3v) is 4.66. The van der Waals surface area contributed by atoms with Crippen LogP contribution in [0.2, 0.25) is 0 Å². The summed E-state index contributed by atoms with van der Waals surface area (Å²) in [6, 6.07) is 0. The minimum atomic E-state index is -0.831. The molecule has 1 aromatic rings. The van der Waals surface area contributed by atoms with Crippen LogP contribution in [0.3, 0.4) is 0 Å². The maximum absolute atomic E-state index is 12.6. The second kappa shape index (κ2) is 6.52. The minimum absolute atomic E-state index is 0.0127. The molecule has 2 atom stereocenters. The third-order valence-electron chi connectivity index (χ3n) is 4.66. The van der Waals surface area contributed by atoms with Crippen molar-refractivity contribution in [2.24, 2.45) is 17.8 Å². The van der Waals surface area contributed by atoms with Gasteiger partial charge in [0.1, 0.15) is 0 Å². The standard InChI is InChI=1S/C16H24N4O3/c1-8(2)12-6-20(7-13(12)15(22)23)14(21)5-11-9(3)18-16(17)19-10(11)4/h8,12-13H,5-7H2,1-4H3,(H,22,23)(H2,17,18,19)/t12-,13+/m0/s1. The molecule has 1 aliphatic heterocycles. The molecule has 0 unspecified atom stereocenters. The Labute approximate surface area is 135 Å². The summed E-state index contributed by atoms with van der Waals surface area (Å²) in [4.78, 5) is 33.9. The Bertz CT molecular complexity index is 607. The SMILES string of the molecule is Cc1nc(N)nc(C)c1CC(=O)N1C[C@@H](C(=O)O)[C@H](C(C)C)C1. The minimum Gasteiger partial charge on any atom is -0.481 e. The first-order valence-corrected chi connectivity index (χ1v) is 7.80. The van der Waals surface area contributed by atoms with Gasteiger partial charge >= 0.3 is 5.97 Å². The average Bonchev–Trinajstić information content (AvgIpc) is 2.88. The second-order valence-corrected chi connectivity index (χ2v) is 6.56. The number of nitrogens with two attached hydrogens (primary N) is 1. The average molecular weight is 320 g/mol. The topological polar surface area (TPSA) is 109 Å². The second-order valence-electron chi connectivity index (χ2n) is 6.56. The number of hydrogen-bond donors (Lipinski definition) is 2. The number of rotatable bonds is 4. The fourth-order valence-electron chi connectivity index (χ4n) is 3.25. The number of likely N-dealkylation sites (tertiary alicyclic amines) is 1. The molecule has 0 aromatic carbocycles. The Balaban J connectivity index is 2.15. The number of carboxylic acids is 1. The third kappa shape index (κ3) is 3.60. The zero-order valence-corrected chi connectivity index (χ0v) is 14.0. The molecule has 1 saturated heterocycles. The van der Waals surface area contributed by atoms with Crippen LogP contribution in [0.4, 0.5) is 5.95 Å². The number of aromatic nitrogens is 2. The fourth-order valence-corrected chi connectivity index (χ4v) is 3.25. The lowest BCUT2D eigenvalue weighted by Crippen LogP contribution is -2.31. The summed E-state index contributed by atoms with van der Waals surface area (Å²) in [5.41, 5.74) is 7.75. The van der Waals surface area contributed by atoms with Crippen LogP contribution in [0, 0.1) is 31.6 Å². The first-order valence-electron chi connectivity index (χ1n) is 7.80. The van der Waals surface area contributed by atoms with Crippen LogP contribution in [0.15, 0.2) is 0 Å². The summed E-state index contributed by atoms with van der Waals surface area (Å²) < 4.78 is 0. The van der Waals surface area contributed by atoms with E-state index in [1.54, 1.807) is 18.7 Å². The van der Waals surface area contributed by atoms with Gasteiger partial charge in [-0.25, -0.2) is 9.97 Å². The van der Waals surface area contributed by atoms with E-state index >= 15 is 0 Å². The molecule has 0 spiro atoms. The molecule has 1 aromatic heterocycles. The normalized spacial score (nSPS) is 21.0. The largest absolute Gasteiger partial charge is 0.481 e. The zero-order chi connectivity index (χ0) is 17.3. The number of carbonyl (C=O) groups excluding carboxylic acids is 1. The number of nitrogen functional groups attached to an aromatic ring is 1. The van der Waals surface area contributed by atoms with Crippen molar-refractivity contribution >= 4 is 17.8 Å². The van der Waals surface area contributed by atoms with Crippen LogP contribution >= 0.6 is 0 Å². The van der Waals surface area contributed by atoms with E-state index in [0.717, 1.165) is 5.56 Å². The van der Waals surface area contributed by atoms with Crippen molar-refractivity contribution < 1.29 is 14.7 Å². The monoisotopic (exact) mass is 320 g/mol. The highest BCUT2D eigenvalue weighted by Crippen LogP contribution is 2.30. The van der Waals surface area contributed by atoms with Crippen molar-refractivity contribution in [1.82, 2.24) is 14.9 Å². The number of aryl methyl sites for hydroxylation is 2. The number of anilines is 1. The van der Waals surface area contributed by atoms with Crippen LogP contribution < -0.4 is 5.73 Å². The van der Waals surface area contributed by atoms with E-state index in [1.165, 1.54) is 0 Å². The maximum Gasteiger partial charge on any atom is 0.308 e. The molecule has 23 heavy (non-hydrogen) atoms. The Kier molecular flexibility index (Phi) is 4.87. The van der Waals surface area contributed by atoms with E-state index < -0.39 is 11.9 Å². The van der Waals surface area contributed by atoms with Gasteiger partial charge in [-0.1, -0.05) is 13.8 Å². The van der Waals surface area contributed by atoms with Crippen LogP contribution in [-0.4, -0.2) is 44.9 Å². The van der Waals surface area contributed by atoms with E-state index in [2.05, 4.69) is 9.97 Å². The van der Waals surface area contributed by atoms with Gasteiger partial charge in [0, 0.05) is 30.0 Å². The smallest absolute Gasteiger partial charge is 0.308 e. The predicted molar refractivity (Wildman–Crippen MR) is 85.7 cm³/mol. The Morgan fingerprint density at radius 2 is 1.83 bits per heavy atom. The molecular weight excluding hydrogens is 296 g/mol. The molecule has 1 fully saturated rings. The van der Waals surface area contributed by atoms with Gasteiger partial charge in [0.15, 0.2) is 0 Å².